The Labute approximate surface area is 168 Å². The molecule has 1 saturated carbocycles. The first-order valence-corrected chi connectivity index (χ1v) is 10.8. The second kappa shape index (κ2) is 8.03. The summed E-state index contributed by atoms with van der Waals surface area (Å²) in [6, 6.07) is 5.98. The van der Waals surface area contributed by atoms with Gasteiger partial charge in [0.1, 0.15) is 0 Å². The Morgan fingerprint density at radius 2 is 2.00 bits per heavy atom. The van der Waals surface area contributed by atoms with Crippen molar-refractivity contribution in [2.45, 2.75) is 68.8 Å². The highest BCUT2D eigenvalue weighted by Gasteiger charge is 2.27. The highest BCUT2D eigenvalue weighted by Crippen LogP contribution is 2.33. The number of hydrogen-bond acceptors (Lipinski definition) is 6. The van der Waals surface area contributed by atoms with E-state index < -0.39 is 0 Å². The molecule has 0 saturated heterocycles. The number of ketones is 1. The quantitative estimate of drug-likeness (QED) is 0.566. The van der Waals surface area contributed by atoms with Crippen LogP contribution < -0.4 is 4.90 Å². The SMILES string of the molecule is CC(=O)N1CCc2cc(C(=O)[C@@H](C)Sc3nnnn3C3CCCCC3)ccc21. The van der Waals surface area contributed by atoms with Crippen molar-refractivity contribution >= 4 is 29.1 Å². The molecular weight excluding hydrogens is 374 g/mol. The molecule has 2 aliphatic rings. The van der Waals surface area contributed by atoms with Crippen LogP contribution in [0, 0.1) is 0 Å². The second-order valence-corrected chi connectivity index (χ2v) is 8.89. The van der Waals surface area contributed by atoms with Gasteiger partial charge in [-0.1, -0.05) is 31.0 Å². The maximum atomic E-state index is 13.0. The van der Waals surface area contributed by atoms with Crippen LogP contribution in [0.5, 0.6) is 0 Å². The first kappa shape index (κ1) is 19.1. The van der Waals surface area contributed by atoms with Crippen molar-refractivity contribution in [1.29, 1.82) is 0 Å². The summed E-state index contributed by atoms with van der Waals surface area (Å²) in [5.41, 5.74) is 2.66. The van der Waals surface area contributed by atoms with E-state index in [9.17, 15) is 9.59 Å². The minimum absolute atomic E-state index is 0.0382. The van der Waals surface area contributed by atoms with Gasteiger partial charge in [-0.25, -0.2) is 4.68 Å². The van der Waals surface area contributed by atoms with Gasteiger partial charge in [-0.15, -0.1) is 5.10 Å². The molecule has 1 atom stereocenters. The zero-order valence-corrected chi connectivity index (χ0v) is 17.1. The van der Waals surface area contributed by atoms with Crippen molar-refractivity contribution in [3.63, 3.8) is 0 Å². The monoisotopic (exact) mass is 399 g/mol. The fourth-order valence-electron chi connectivity index (χ4n) is 4.15. The lowest BCUT2D eigenvalue weighted by Gasteiger charge is -2.22. The van der Waals surface area contributed by atoms with Crippen LogP contribution in [0.3, 0.4) is 0 Å². The predicted molar refractivity (Wildman–Crippen MR) is 108 cm³/mol. The highest BCUT2D eigenvalue weighted by atomic mass is 32.2. The van der Waals surface area contributed by atoms with Gasteiger partial charge in [-0.05, 0) is 60.4 Å². The first-order chi connectivity index (χ1) is 13.5. The summed E-state index contributed by atoms with van der Waals surface area (Å²) in [6.45, 7) is 4.16. The van der Waals surface area contributed by atoms with Gasteiger partial charge in [0.15, 0.2) is 5.78 Å². The van der Waals surface area contributed by atoms with Crippen LogP contribution in [0.15, 0.2) is 23.4 Å². The maximum absolute atomic E-state index is 13.0. The molecule has 2 aromatic rings. The fraction of sp³-hybridized carbons (Fsp3) is 0.550. The molecule has 4 rings (SSSR count). The number of benzene rings is 1. The zero-order valence-electron chi connectivity index (χ0n) is 16.3. The van der Waals surface area contributed by atoms with E-state index in [4.69, 9.17) is 0 Å². The van der Waals surface area contributed by atoms with Gasteiger partial charge in [-0.2, -0.15) is 0 Å². The van der Waals surface area contributed by atoms with Crippen molar-refractivity contribution in [3.05, 3.63) is 29.3 Å². The number of carbonyl (C=O) groups excluding carboxylic acids is 2. The van der Waals surface area contributed by atoms with Crippen LogP contribution in [0.25, 0.3) is 0 Å². The zero-order chi connectivity index (χ0) is 19.7. The lowest BCUT2D eigenvalue weighted by molar-refractivity contribution is -0.116. The molecule has 1 fully saturated rings. The molecule has 1 aliphatic heterocycles. The van der Waals surface area contributed by atoms with Gasteiger partial charge < -0.3 is 4.90 Å². The summed E-state index contributed by atoms with van der Waals surface area (Å²) in [5.74, 6) is 0.101. The smallest absolute Gasteiger partial charge is 0.223 e. The van der Waals surface area contributed by atoms with Crippen molar-refractivity contribution < 1.29 is 9.59 Å². The molecule has 2 heterocycles. The summed E-state index contributed by atoms with van der Waals surface area (Å²) in [4.78, 5) is 26.5. The van der Waals surface area contributed by atoms with Crippen LogP contribution in [-0.4, -0.2) is 43.7 Å². The number of Topliss-reactive ketones (excluding diaryl/α,β-unsaturated/α-hetero) is 1. The van der Waals surface area contributed by atoms with Crippen LogP contribution in [-0.2, 0) is 11.2 Å². The average molecular weight is 400 g/mol. The van der Waals surface area contributed by atoms with Gasteiger partial charge in [0.2, 0.25) is 11.1 Å². The third-order valence-corrected chi connectivity index (χ3v) is 6.72. The lowest BCUT2D eigenvalue weighted by Crippen LogP contribution is -2.25. The van der Waals surface area contributed by atoms with E-state index in [0.717, 1.165) is 35.7 Å². The molecule has 0 N–H and O–H groups in total. The summed E-state index contributed by atoms with van der Waals surface area (Å²) >= 11 is 1.42. The maximum Gasteiger partial charge on any atom is 0.223 e. The minimum Gasteiger partial charge on any atom is -0.312 e. The van der Waals surface area contributed by atoms with Crippen LogP contribution in [0.4, 0.5) is 5.69 Å². The largest absolute Gasteiger partial charge is 0.312 e. The normalized spacial score (nSPS) is 18.1. The van der Waals surface area contributed by atoms with Crippen LogP contribution in [0.2, 0.25) is 0 Å². The third-order valence-electron chi connectivity index (χ3n) is 5.67. The van der Waals surface area contributed by atoms with Gasteiger partial charge in [0, 0.05) is 24.7 Å². The number of hydrogen-bond donors (Lipinski definition) is 0. The van der Waals surface area contributed by atoms with E-state index in [1.54, 1.807) is 11.8 Å². The Balaban J connectivity index is 1.48. The van der Waals surface area contributed by atoms with Gasteiger partial charge >= 0.3 is 0 Å². The number of aromatic nitrogens is 4. The Morgan fingerprint density at radius 3 is 2.75 bits per heavy atom. The molecule has 0 spiro atoms. The predicted octanol–water partition coefficient (Wildman–Crippen LogP) is 3.45. The van der Waals surface area contributed by atoms with Crippen molar-refractivity contribution in [3.8, 4) is 0 Å². The topological polar surface area (TPSA) is 81.0 Å². The number of amides is 1. The van der Waals surface area contributed by atoms with Crippen molar-refractivity contribution in [2.75, 3.05) is 11.4 Å². The number of rotatable bonds is 5. The number of fused-ring (bicyclic) bond motifs is 1. The molecule has 1 aliphatic carbocycles. The van der Waals surface area contributed by atoms with E-state index in [-0.39, 0.29) is 16.9 Å². The number of nitrogens with zero attached hydrogens (tertiary/aromatic N) is 5. The summed E-state index contributed by atoms with van der Waals surface area (Å²) < 4.78 is 1.90. The first-order valence-electron chi connectivity index (χ1n) is 9.94. The number of carbonyl (C=O) groups is 2. The Kier molecular flexibility index (Phi) is 5.48. The standard InChI is InChI=1S/C20H25N5O2S/c1-13(28-20-21-22-23-25(20)17-6-4-3-5-7-17)19(27)16-8-9-18-15(12-16)10-11-24(18)14(2)26/h8-9,12-13,17H,3-7,10-11H2,1-2H3/t13-/m1/s1. The molecule has 148 valence electrons. The molecule has 1 amide bonds. The molecule has 8 heteroatoms. The van der Waals surface area contributed by atoms with Gasteiger partial charge in [0.25, 0.3) is 0 Å². The Bertz CT molecular complexity index is 890. The molecule has 0 radical (unpaired) electrons. The molecule has 0 bridgehead atoms. The number of thioether (sulfide) groups is 1. The second-order valence-electron chi connectivity index (χ2n) is 7.59. The fourth-order valence-corrected chi connectivity index (χ4v) is 5.08. The number of anilines is 1. The highest BCUT2D eigenvalue weighted by molar-refractivity contribution is 8.00. The van der Waals surface area contributed by atoms with Gasteiger partial charge in [0.05, 0.1) is 11.3 Å². The van der Waals surface area contributed by atoms with E-state index in [1.165, 1.54) is 31.0 Å². The number of tetrazole rings is 1. The van der Waals surface area contributed by atoms with Crippen LogP contribution >= 0.6 is 11.8 Å². The van der Waals surface area contributed by atoms with E-state index >= 15 is 0 Å². The summed E-state index contributed by atoms with van der Waals surface area (Å²) in [6.07, 6.45) is 6.66. The summed E-state index contributed by atoms with van der Waals surface area (Å²) in [5, 5.41) is 12.6. The van der Waals surface area contributed by atoms with E-state index in [0.29, 0.717) is 18.2 Å². The molecular formula is C20H25N5O2S. The third kappa shape index (κ3) is 3.70. The Hall–Kier alpha value is -2.22. The van der Waals surface area contributed by atoms with E-state index in [1.807, 2.05) is 29.8 Å². The average Bonchev–Trinajstić information content (AvgIpc) is 3.34. The molecule has 1 aromatic carbocycles. The minimum atomic E-state index is -0.281. The summed E-state index contributed by atoms with van der Waals surface area (Å²) in [7, 11) is 0. The van der Waals surface area contributed by atoms with Crippen molar-refractivity contribution in [2.24, 2.45) is 0 Å². The molecule has 0 unspecified atom stereocenters. The lowest BCUT2D eigenvalue weighted by atomic mass is 9.96. The molecule has 7 nitrogen and oxygen atoms in total. The Morgan fingerprint density at radius 1 is 1.21 bits per heavy atom. The van der Waals surface area contributed by atoms with Crippen molar-refractivity contribution in [1.82, 2.24) is 20.2 Å². The molecule has 28 heavy (non-hydrogen) atoms. The molecule has 1 aromatic heterocycles. The van der Waals surface area contributed by atoms with E-state index in [2.05, 4.69) is 15.5 Å². The van der Waals surface area contributed by atoms with Gasteiger partial charge in [-0.3, -0.25) is 9.59 Å². The van der Waals surface area contributed by atoms with Crippen LogP contribution in [0.1, 0.15) is 67.9 Å².